The standard InChI is InChI=1S/C14H19NO/c1-4-5-6-7-13(15)12-8-9-14(16-3)11(2)10-12/h1,8-10,13H,5-7,15H2,2-3H3. The van der Waals surface area contributed by atoms with Crippen LogP contribution in [0.15, 0.2) is 18.2 Å². The van der Waals surface area contributed by atoms with Gasteiger partial charge in [0.25, 0.3) is 0 Å². The van der Waals surface area contributed by atoms with Crippen molar-refractivity contribution >= 4 is 0 Å². The lowest BCUT2D eigenvalue weighted by atomic mass is 10.00. The van der Waals surface area contributed by atoms with Crippen LogP contribution in [0.3, 0.4) is 0 Å². The Balaban J connectivity index is 2.66. The summed E-state index contributed by atoms with van der Waals surface area (Å²) >= 11 is 0. The van der Waals surface area contributed by atoms with Gasteiger partial charge in [-0.1, -0.05) is 12.1 Å². The number of nitrogens with two attached hydrogens (primary N) is 1. The van der Waals surface area contributed by atoms with Gasteiger partial charge < -0.3 is 10.5 Å². The van der Waals surface area contributed by atoms with E-state index in [1.807, 2.05) is 19.1 Å². The molecular weight excluding hydrogens is 198 g/mol. The van der Waals surface area contributed by atoms with Crippen LogP contribution < -0.4 is 10.5 Å². The lowest BCUT2D eigenvalue weighted by molar-refractivity contribution is 0.411. The zero-order chi connectivity index (χ0) is 12.0. The number of benzene rings is 1. The molecule has 1 atom stereocenters. The van der Waals surface area contributed by atoms with Gasteiger partial charge in [0.2, 0.25) is 0 Å². The van der Waals surface area contributed by atoms with Crippen molar-refractivity contribution in [3.8, 4) is 18.1 Å². The Morgan fingerprint density at radius 2 is 2.25 bits per heavy atom. The molecule has 0 saturated carbocycles. The van der Waals surface area contributed by atoms with E-state index < -0.39 is 0 Å². The summed E-state index contributed by atoms with van der Waals surface area (Å²) in [6.07, 6.45) is 7.90. The average molecular weight is 217 g/mol. The van der Waals surface area contributed by atoms with Crippen molar-refractivity contribution in [3.63, 3.8) is 0 Å². The van der Waals surface area contributed by atoms with Crippen LogP contribution in [0, 0.1) is 19.3 Å². The first-order valence-electron chi connectivity index (χ1n) is 5.52. The van der Waals surface area contributed by atoms with Gasteiger partial charge in [-0.05, 0) is 37.0 Å². The molecule has 0 fully saturated rings. The van der Waals surface area contributed by atoms with Crippen LogP contribution in [-0.4, -0.2) is 7.11 Å². The van der Waals surface area contributed by atoms with Crippen molar-refractivity contribution in [3.05, 3.63) is 29.3 Å². The first kappa shape index (κ1) is 12.6. The van der Waals surface area contributed by atoms with Gasteiger partial charge in [-0.2, -0.15) is 0 Å². The van der Waals surface area contributed by atoms with Crippen LogP contribution in [0.4, 0.5) is 0 Å². The fraction of sp³-hybridized carbons (Fsp3) is 0.429. The summed E-state index contributed by atoms with van der Waals surface area (Å²) in [5.74, 6) is 3.53. The number of methoxy groups -OCH3 is 1. The molecule has 1 rings (SSSR count). The van der Waals surface area contributed by atoms with E-state index in [2.05, 4.69) is 12.0 Å². The first-order valence-corrected chi connectivity index (χ1v) is 5.52. The molecule has 0 aliphatic rings. The molecule has 86 valence electrons. The molecule has 0 saturated heterocycles. The Morgan fingerprint density at radius 3 is 2.81 bits per heavy atom. The minimum absolute atomic E-state index is 0.0676. The second-order valence-electron chi connectivity index (χ2n) is 3.93. The molecule has 0 heterocycles. The van der Waals surface area contributed by atoms with E-state index in [-0.39, 0.29) is 6.04 Å². The van der Waals surface area contributed by atoms with Crippen molar-refractivity contribution in [1.82, 2.24) is 0 Å². The highest BCUT2D eigenvalue weighted by Crippen LogP contribution is 2.23. The summed E-state index contributed by atoms with van der Waals surface area (Å²) in [7, 11) is 1.68. The molecule has 0 aromatic heterocycles. The van der Waals surface area contributed by atoms with Crippen molar-refractivity contribution in [2.75, 3.05) is 7.11 Å². The predicted octanol–water partition coefficient (Wildman–Crippen LogP) is 2.81. The summed E-state index contributed by atoms with van der Waals surface area (Å²) in [6, 6.07) is 6.13. The molecule has 0 amide bonds. The van der Waals surface area contributed by atoms with Gasteiger partial charge in [0.1, 0.15) is 5.75 Å². The lowest BCUT2D eigenvalue weighted by Gasteiger charge is -2.13. The molecule has 0 radical (unpaired) electrons. The number of aryl methyl sites for hydroxylation is 1. The normalized spacial score (nSPS) is 11.9. The molecule has 1 aromatic carbocycles. The van der Waals surface area contributed by atoms with Crippen LogP contribution in [0.25, 0.3) is 0 Å². The van der Waals surface area contributed by atoms with E-state index in [1.54, 1.807) is 7.11 Å². The van der Waals surface area contributed by atoms with E-state index in [1.165, 1.54) is 0 Å². The summed E-state index contributed by atoms with van der Waals surface area (Å²) < 4.78 is 5.21. The summed E-state index contributed by atoms with van der Waals surface area (Å²) in [5.41, 5.74) is 8.35. The van der Waals surface area contributed by atoms with Gasteiger partial charge in [-0.15, -0.1) is 12.3 Å². The van der Waals surface area contributed by atoms with E-state index in [9.17, 15) is 0 Å². The second kappa shape index (κ2) is 6.19. The molecule has 0 aliphatic heterocycles. The van der Waals surface area contributed by atoms with Crippen molar-refractivity contribution in [1.29, 1.82) is 0 Å². The summed E-state index contributed by atoms with van der Waals surface area (Å²) in [6.45, 7) is 2.02. The molecule has 0 aliphatic carbocycles. The molecule has 0 spiro atoms. The third-order valence-electron chi connectivity index (χ3n) is 2.68. The van der Waals surface area contributed by atoms with Gasteiger partial charge in [-0.3, -0.25) is 0 Å². The van der Waals surface area contributed by atoms with Crippen molar-refractivity contribution in [2.45, 2.75) is 32.2 Å². The maximum absolute atomic E-state index is 6.09. The Morgan fingerprint density at radius 1 is 1.50 bits per heavy atom. The van der Waals surface area contributed by atoms with Crippen LogP contribution in [-0.2, 0) is 0 Å². The maximum atomic E-state index is 6.09. The zero-order valence-electron chi connectivity index (χ0n) is 9.99. The quantitative estimate of drug-likeness (QED) is 0.608. The SMILES string of the molecule is C#CCCCC(N)c1ccc(OC)c(C)c1. The van der Waals surface area contributed by atoms with Gasteiger partial charge in [0.15, 0.2) is 0 Å². The van der Waals surface area contributed by atoms with Gasteiger partial charge >= 0.3 is 0 Å². The van der Waals surface area contributed by atoms with Gasteiger partial charge in [0, 0.05) is 12.5 Å². The Bertz CT molecular complexity index is 379. The molecule has 1 aromatic rings. The second-order valence-corrected chi connectivity index (χ2v) is 3.93. The highest BCUT2D eigenvalue weighted by molar-refractivity contribution is 5.37. The number of hydrogen-bond acceptors (Lipinski definition) is 2. The van der Waals surface area contributed by atoms with Crippen molar-refractivity contribution < 1.29 is 4.74 Å². The van der Waals surface area contributed by atoms with Crippen LogP contribution in [0.5, 0.6) is 5.75 Å². The summed E-state index contributed by atoms with van der Waals surface area (Å²) in [5, 5.41) is 0. The first-order chi connectivity index (χ1) is 7.69. The fourth-order valence-electron chi connectivity index (χ4n) is 1.72. The third kappa shape index (κ3) is 3.29. The fourth-order valence-corrected chi connectivity index (χ4v) is 1.72. The van der Waals surface area contributed by atoms with Crippen LogP contribution in [0.2, 0.25) is 0 Å². The molecule has 2 nitrogen and oxygen atoms in total. The van der Waals surface area contributed by atoms with E-state index in [0.29, 0.717) is 0 Å². The van der Waals surface area contributed by atoms with Crippen LogP contribution in [0.1, 0.15) is 36.4 Å². The predicted molar refractivity (Wildman–Crippen MR) is 67.3 cm³/mol. The Labute approximate surface area is 97.8 Å². The lowest BCUT2D eigenvalue weighted by Crippen LogP contribution is -2.10. The van der Waals surface area contributed by atoms with Crippen molar-refractivity contribution in [2.24, 2.45) is 5.73 Å². The smallest absolute Gasteiger partial charge is 0.121 e. The molecule has 1 unspecified atom stereocenters. The number of hydrogen-bond donors (Lipinski definition) is 1. The molecule has 16 heavy (non-hydrogen) atoms. The molecule has 0 bridgehead atoms. The molecule has 2 N–H and O–H groups in total. The minimum Gasteiger partial charge on any atom is -0.496 e. The third-order valence-corrected chi connectivity index (χ3v) is 2.68. The Hall–Kier alpha value is -1.46. The van der Waals surface area contributed by atoms with Gasteiger partial charge in [0.05, 0.1) is 7.11 Å². The minimum atomic E-state index is 0.0676. The summed E-state index contributed by atoms with van der Waals surface area (Å²) in [4.78, 5) is 0. The average Bonchev–Trinajstić information content (AvgIpc) is 2.29. The topological polar surface area (TPSA) is 35.2 Å². The number of unbranched alkanes of at least 4 members (excludes halogenated alkanes) is 1. The monoisotopic (exact) mass is 217 g/mol. The maximum Gasteiger partial charge on any atom is 0.121 e. The van der Waals surface area contributed by atoms with Crippen LogP contribution >= 0.6 is 0 Å². The zero-order valence-corrected chi connectivity index (χ0v) is 9.99. The van der Waals surface area contributed by atoms with E-state index in [0.717, 1.165) is 36.1 Å². The van der Waals surface area contributed by atoms with Gasteiger partial charge in [-0.25, -0.2) is 0 Å². The highest BCUT2D eigenvalue weighted by Gasteiger charge is 2.07. The molecular formula is C14H19NO. The molecule has 2 heteroatoms. The largest absolute Gasteiger partial charge is 0.496 e. The van der Waals surface area contributed by atoms with E-state index >= 15 is 0 Å². The number of ether oxygens (including phenoxy) is 1. The number of rotatable bonds is 5. The highest BCUT2D eigenvalue weighted by atomic mass is 16.5. The van der Waals surface area contributed by atoms with E-state index in [4.69, 9.17) is 16.9 Å². The number of terminal acetylenes is 1. The Kier molecular flexibility index (Phi) is 4.88.